The second-order valence-electron chi connectivity index (χ2n) is 8.71. The number of aromatic nitrogens is 1. The van der Waals surface area contributed by atoms with E-state index in [1.54, 1.807) is 0 Å². The van der Waals surface area contributed by atoms with Gasteiger partial charge in [-0.2, -0.15) is 0 Å². The number of aryl methyl sites for hydroxylation is 1. The fraction of sp³-hybridized carbons (Fsp3) is 0.652. The van der Waals surface area contributed by atoms with E-state index in [4.69, 9.17) is 4.74 Å². The summed E-state index contributed by atoms with van der Waals surface area (Å²) in [5.41, 5.74) is 3.47. The number of nitrogens with zero attached hydrogens (tertiary/aromatic N) is 2. The Morgan fingerprint density at radius 2 is 1.86 bits per heavy atom. The lowest BCUT2D eigenvalue weighted by Crippen LogP contribution is -2.50. The van der Waals surface area contributed by atoms with Crippen LogP contribution in [0.4, 0.5) is 0 Å². The normalized spacial score (nSPS) is 25.0. The minimum atomic E-state index is -0.443. The highest BCUT2D eigenvalue weighted by Gasteiger charge is 2.35. The fourth-order valence-corrected chi connectivity index (χ4v) is 5.22. The summed E-state index contributed by atoms with van der Waals surface area (Å²) in [4.78, 5) is 26.8. The highest BCUT2D eigenvalue weighted by molar-refractivity contribution is 5.89. The molecule has 2 aliphatic carbocycles. The van der Waals surface area contributed by atoms with Crippen LogP contribution in [-0.4, -0.2) is 40.5 Å². The van der Waals surface area contributed by atoms with Crippen LogP contribution < -0.4 is 0 Å². The third-order valence-corrected chi connectivity index (χ3v) is 6.74. The molecular formula is C23H32N2O3. The smallest absolute Gasteiger partial charge is 0.331 e. The van der Waals surface area contributed by atoms with Crippen LogP contribution in [0.3, 0.4) is 0 Å². The van der Waals surface area contributed by atoms with E-state index >= 15 is 0 Å². The molecule has 2 atom stereocenters. The molecule has 1 aliphatic heterocycles. The quantitative estimate of drug-likeness (QED) is 0.565. The van der Waals surface area contributed by atoms with Gasteiger partial charge in [-0.25, -0.2) is 4.79 Å². The number of rotatable bonds is 5. The van der Waals surface area contributed by atoms with E-state index in [1.807, 2.05) is 11.0 Å². The topological polar surface area (TPSA) is 51.5 Å². The van der Waals surface area contributed by atoms with Gasteiger partial charge in [0.25, 0.3) is 5.91 Å². The Kier molecular flexibility index (Phi) is 5.61. The number of carbonyl (C=O) groups is 2. The average molecular weight is 385 g/mol. The number of ether oxygens (including phenoxy) is 1. The zero-order valence-electron chi connectivity index (χ0n) is 17.2. The number of amides is 1. The molecule has 28 heavy (non-hydrogen) atoms. The lowest BCUT2D eigenvalue weighted by molar-refractivity contribution is -0.151. The molecule has 0 aromatic carbocycles. The van der Waals surface area contributed by atoms with Gasteiger partial charge in [0.2, 0.25) is 0 Å². The monoisotopic (exact) mass is 384 g/mol. The van der Waals surface area contributed by atoms with Crippen molar-refractivity contribution < 1.29 is 14.3 Å². The third-order valence-electron chi connectivity index (χ3n) is 6.74. The van der Waals surface area contributed by atoms with Gasteiger partial charge in [0.05, 0.1) is 0 Å². The molecule has 152 valence electrons. The molecule has 5 heteroatoms. The number of hydrogen-bond acceptors (Lipinski definition) is 3. The summed E-state index contributed by atoms with van der Waals surface area (Å²) in [6.45, 7) is 4.86. The predicted octanol–water partition coefficient (Wildman–Crippen LogP) is 4.18. The van der Waals surface area contributed by atoms with Crippen LogP contribution in [0.2, 0.25) is 0 Å². The number of fused-ring (bicyclic) bond motifs is 1. The molecule has 2 saturated carbocycles. The predicted molar refractivity (Wildman–Crippen MR) is 109 cm³/mol. The van der Waals surface area contributed by atoms with Gasteiger partial charge < -0.3 is 14.2 Å². The average Bonchev–Trinajstić information content (AvgIpc) is 3.49. The maximum Gasteiger partial charge on any atom is 0.331 e. The summed E-state index contributed by atoms with van der Waals surface area (Å²) in [5, 5.41) is 0. The zero-order valence-corrected chi connectivity index (χ0v) is 17.2. The van der Waals surface area contributed by atoms with Crippen LogP contribution in [0.1, 0.15) is 74.4 Å². The van der Waals surface area contributed by atoms with Gasteiger partial charge >= 0.3 is 5.97 Å². The Hall–Kier alpha value is -2.04. The molecule has 3 aliphatic rings. The van der Waals surface area contributed by atoms with Gasteiger partial charge in [0.1, 0.15) is 0 Å². The Balaban J connectivity index is 1.31. The first-order valence-electron chi connectivity index (χ1n) is 10.9. The molecule has 4 rings (SSSR count). The van der Waals surface area contributed by atoms with Crippen LogP contribution in [-0.2, 0) is 14.3 Å². The first kappa shape index (κ1) is 19.3. The lowest BCUT2D eigenvalue weighted by Gasteiger charge is -2.44. The van der Waals surface area contributed by atoms with E-state index < -0.39 is 5.97 Å². The van der Waals surface area contributed by atoms with Crippen molar-refractivity contribution in [3.8, 4) is 0 Å². The molecule has 3 fully saturated rings. The molecule has 1 saturated heterocycles. The zero-order chi connectivity index (χ0) is 19.7. The lowest BCUT2D eigenvalue weighted by atomic mass is 9.78. The van der Waals surface area contributed by atoms with Crippen molar-refractivity contribution in [3.05, 3.63) is 29.1 Å². The van der Waals surface area contributed by atoms with Crippen molar-refractivity contribution in [2.75, 3.05) is 13.2 Å². The molecule has 0 bridgehead atoms. The number of hydrogen-bond donors (Lipinski definition) is 0. The maximum atomic E-state index is 12.6. The van der Waals surface area contributed by atoms with E-state index in [0.717, 1.165) is 24.9 Å². The first-order chi connectivity index (χ1) is 13.5. The molecule has 0 N–H and O–H groups in total. The summed E-state index contributed by atoms with van der Waals surface area (Å²) in [6.07, 6.45) is 12.9. The van der Waals surface area contributed by atoms with E-state index in [2.05, 4.69) is 24.5 Å². The Labute approximate surface area is 167 Å². The van der Waals surface area contributed by atoms with Gasteiger partial charge in [-0.15, -0.1) is 0 Å². The van der Waals surface area contributed by atoms with E-state index in [-0.39, 0.29) is 12.5 Å². The summed E-state index contributed by atoms with van der Waals surface area (Å²) in [7, 11) is 0. The van der Waals surface area contributed by atoms with E-state index in [0.29, 0.717) is 18.0 Å². The molecule has 0 radical (unpaired) electrons. The van der Waals surface area contributed by atoms with Crippen LogP contribution in [0.15, 0.2) is 12.1 Å². The van der Waals surface area contributed by atoms with Crippen molar-refractivity contribution in [3.63, 3.8) is 0 Å². The number of esters is 1. The van der Waals surface area contributed by atoms with Crippen molar-refractivity contribution in [1.82, 2.24) is 9.47 Å². The summed E-state index contributed by atoms with van der Waals surface area (Å²) >= 11 is 0. The van der Waals surface area contributed by atoms with Gasteiger partial charge in [0.15, 0.2) is 6.61 Å². The number of likely N-dealkylation sites (tertiary alicyclic amines) is 1. The number of piperidine rings is 1. The van der Waals surface area contributed by atoms with Gasteiger partial charge in [0, 0.05) is 36.1 Å². The van der Waals surface area contributed by atoms with Crippen molar-refractivity contribution in [2.24, 2.45) is 5.92 Å². The summed E-state index contributed by atoms with van der Waals surface area (Å²) in [5.74, 6) is 0.163. The first-order valence-corrected chi connectivity index (χ1v) is 10.9. The SMILES string of the molecule is Cc1cc(/C=C/C(=O)OCC(=O)N2CCC[C@H]3CCCC[C@@H]32)c(C)n1C1CC1. The maximum absolute atomic E-state index is 12.6. The molecule has 1 amide bonds. The largest absolute Gasteiger partial charge is 0.452 e. The van der Waals surface area contributed by atoms with Crippen LogP contribution in [0.5, 0.6) is 0 Å². The summed E-state index contributed by atoms with van der Waals surface area (Å²) in [6, 6.07) is 3.09. The standard InChI is InChI=1S/C23H32N2O3/c1-16-14-19(17(2)25(16)20-10-11-20)9-12-23(27)28-15-22(26)24-13-5-7-18-6-3-4-8-21(18)24/h9,12,14,18,20-21H,3-8,10-11,13,15H2,1-2H3/b12-9+/t18-,21+/m1/s1. The minimum absolute atomic E-state index is 0.0368. The summed E-state index contributed by atoms with van der Waals surface area (Å²) < 4.78 is 7.62. The van der Waals surface area contributed by atoms with Crippen LogP contribution in [0, 0.1) is 19.8 Å². The van der Waals surface area contributed by atoms with E-state index in [1.165, 1.54) is 56.0 Å². The minimum Gasteiger partial charge on any atom is -0.452 e. The highest BCUT2D eigenvalue weighted by atomic mass is 16.5. The van der Waals surface area contributed by atoms with Crippen molar-refractivity contribution in [1.29, 1.82) is 0 Å². The van der Waals surface area contributed by atoms with Crippen molar-refractivity contribution in [2.45, 2.75) is 77.3 Å². The molecule has 0 unspecified atom stereocenters. The molecule has 1 aromatic rings. The Morgan fingerprint density at radius 1 is 1.11 bits per heavy atom. The Morgan fingerprint density at radius 3 is 2.64 bits per heavy atom. The number of carbonyl (C=O) groups excluding carboxylic acids is 2. The Bertz CT molecular complexity index is 773. The van der Waals surface area contributed by atoms with Crippen LogP contribution >= 0.6 is 0 Å². The molecule has 0 spiro atoms. The van der Waals surface area contributed by atoms with Gasteiger partial charge in [-0.1, -0.05) is 12.8 Å². The van der Waals surface area contributed by atoms with Crippen molar-refractivity contribution >= 4 is 18.0 Å². The van der Waals surface area contributed by atoms with E-state index in [9.17, 15) is 9.59 Å². The second kappa shape index (κ2) is 8.14. The molecule has 5 nitrogen and oxygen atoms in total. The fourth-order valence-electron chi connectivity index (χ4n) is 5.22. The third kappa shape index (κ3) is 4.03. The molecule has 2 heterocycles. The van der Waals surface area contributed by atoms with Crippen LogP contribution in [0.25, 0.3) is 6.08 Å². The van der Waals surface area contributed by atoms with Gasteiger partial charge in [-0.05, 0) is 76.0 Å². The van der Waals surface area contributed by atoms with Gasteiger partial charge in [-0.3, -0.25) is 4.79 Å². The second-order valence-corrected chi connectivity index (χ2v) is 8.71. The molecular weight excluding hydrogens is 352 g/mol. The highest BCUT2D eigenvalue weighted by Crippen LogP contribution is 2.38. The molecule has 1 aromatic heterocycles.